The van der Waals surface area contributed by atoms with E-state index in [0.29, 0.717) is 0 Å². The highest BCUT2D eigenvalue weighted by Crippen LogP contribution is 2.36. The number of ether oxygens (including phenoxy) is 1. The number of amides is 3. The van der Waals surface area contributed by atoms with Crippen LogP contribution in [0.3, 0.4) is 0 Å². The Labute approximate surface area is 169 Å². The topological polar surface area (TPSA) is 84.5 Å². The lowest BCUT2D eigenvalue weighted by Crippen LogP contribution is -2.49. The number of benzene rings is 2. The Hall–Kier alpha value is -2.80. The molecule has 0 saturated carbocycles. The number of nitrogens with one attached hydrogen (secondary N) is 2. The van der Waals surface area contributed by atoms with Gasteiger partial charge in [-0.05, 0) is 38.5 Å². The van der Waals surface area contributed by atoms with Crippen LogP contribution < -0.4 is 10.6 Å². The summed E-state index contributed by atoms with van der Waals surface area (Å²) in [6.07, 6.45) is 0. The molecule has 148 valence electrons. The Morgan fingerprint density at radius 1 is 0.964 bits per heavy atom. The highest BCUT2D eigenvalue weighted by Gasteiger charge is 2.25. The van der Waals surface area contributed by atoms with Crippen LogP contribution in [0.4, 0.5) is 4.79 Å². The van der Waals surface area contributed by atoms with Crippen LogP contribution in [0.25, 0.3) is 0 Å². The van der Waals surface area contributed by atoms with Crippen LogP contribution in [-0.4, -0.2) is 30.1 Å². The highest BCUT2D eigenvalue weighted by atomic mass is 32.2. The van der Waals surface area contributed by atoms with E-state index in [4.69, 9.17) is 4.74 Å². The van der Waals surface area contributed by atoms with Gasteiger partial charge in [-0.2, -0.15) is 0 Å². The summed E-state index contributed by atoms with van der Waals surface area (Å²) in [6, 6.07) is 18.0. The normalized spacial score (nSPS) is 12.0. The Morgan fingerprint density at radius 2 is 1.54 bits per heavy atom. The fraction of sp³-hybridized carbons (Fsp3) is 0.286. The van der Waals surface area contributed by atoms with Crippen LogP contribution in [0, 0.1) is 0 Å². The summed E-state index contributed by atoms with van der Waals surface area (Å²) >= 11 is 1.34. The van der Waals surface area contributed by atoms with E-state index in [1.165, 1.54) is 11.8 Å². The lowest BCUT2D eigenvalue weighted by Gasteiger charge is -2.20. The van der Waals surface area contributed by atoms with Gasteiger partial charge in [-0.15, -0.1) is 11.8 Å². The van der Waals surface area contributed by atoms with Gasteiger partial charge in [0.15, 0.2) is 6.61 Å². The van der Waals surface area contributed by atoms with Crippen molar-refractivity contribution in [3.05, 3.63) is 66.2 Å². The molecule has 0 spiro atoms. The Bertz CT molecular complexity index is 804. The third-order valence-electron chi connectivity index (χ3n) is 3.40. The van der Waals surface area contributed by atoms with E-state index >= 15 is 0 Å². The fourth-order valence-electron chi connectivity index (χ4n) is 2.26. The second kappa shape index (κ2) is 9.94. The zero-order valence-electron chi connectivity index (χ0n) is 16.1. The third-order valence-corrected chi connectivity index (χ3v) is 4.65. The second-order valence-corrected chi connectivity index (χ2v) is 8.26. The van der Waals surface area contributed by atoms with Gasteiger partial charge >= 0.3 is 12.0 Å². The van der Waals surface area contributed by atoms with Crippen molar-refractivity contribution in [2.24, 2.45) is 0 Å². The first-order valence-electron chi connectivity index (χ1n) is 8.80. The lowest BCUT2D eigenvalue weighted by molar-refractivity contribution is -0.147. The Morgan fingerprint density at radius 3 is 2.11 bits per heavy atom. The van der Waals surface area contributed by atoms with E-state index in [0.717, 1.165) is 10.5 Å². The van der Waals surface area contributed by atoms with Crippen molar-refractivity contribution in [3.63, 3.8) is 0 Å². The molecule has 3 amide bonds. The minimum atomic E-state index is -0.688. The fourth-order valence-corrected chi connectivity index (χ4v) is 3.31. The van der Waals surface area contributed by atoms with Gasteiger partial charge in [-0.3, -0.25) is 14.9 Å². The second-order valence-electron chi connectivity index (χ2n) is 7.08. The molecule has 0 aliphatic carbocycles. The smallest absolute Gasteiger partial charge is 0.324 e. The van der Waals surface area contributed by atoms with Crippen LogP contribution in [-0.2, 0) is 14.3 Å². The number of carbonyl (C=O) groups is 3. The number of carbonyl (C=O) groups excluding carboxylic acids is 3. The maximum absolute atomic E-state index is 12.6. The first-order valence-corrected chi connectivity index (χ1v) is 9.68. The van der Waals surface area contributed by atoms with Gasteiger partial charge < -0.3 is 10.1 Å². The van der Waals surface area contributed by atoms with Gasteiger partial charge in [0, 0.05) is 10.4 Å². The first kappa shape index (κ1) is 21.5. The minimum absolute atomic E-state index is 0.480. The molecule has 0 radical (unpaired) electrons. The molecule has 0 aliphatic heterocycles. The molecule has 7 heteroatoms. The van der Waals surface area contributed by atoms with Crippen molar-refractivity contribution in [1.82, 2.24) is 10.6 Å². The van der Waals surface area contributed by atoms with Crippen molar-refractivity contribution in [2.75, 3.05) is 6.61 Å². The number of urea groups is 1. The summed E-state index contributed by atoms with van der Waals surface area (Å²) in [5.74, 6) is -1.24. The molecule has 2 aromatic carbocycles. The van der Waals surface area contributed by atoms with Crippen LogP contribution in [0.15, 0.2) is 65.6 Å². The zero-order valence-corrected chi connectivity index (χ0v) is 16.9. The SMILES string of the molecule is CC(C)(C)NC(=O)NC(=O)COC(=O)[C@H](Sc1ccccc1)c1ccccc1. The van der Waals surface area contributed by atoms with Gasteiger partial charge in [0.1, 0.15) is 5.25 Å². The van der Waals surface area contributed by atoms with E-state index in [9.17, 15) is 14.4 Å². The number of hydrogen-bond acceptors (Lipinski definition) is 5. The molecule has 0 saturated heterocycles. The molecule has 0 aromatic heterocycles. The monoisotopic (exact) mass is 400 g/mol. The molecule has 0 unspecified atom stereocenters. The van der Waals surface area contributed by atoms with Crippen LogP contribution in [0.1, 0.15) is 31.6 Å². The van der Waals surface area contributed by atoms with Gasteiger partial charge in [0.25, 0.3) is 5.91 Å². The molecular formula is C21H24N2O4S. The summed E-state index contributed by atoms with van der Waals surface area (Å²) in [5, 5.41) is 4.13. The first-order chi connectivity index (χ1) is 13.2. The maximum Gasteiger partial charge on any atom is 0.324 e. The van der Waals surface area contributed by atoms with E-state index in [1.54, 1.807) is 20.8 Å². The molecular weight excluding hydrogens is 376 g/mol. The van der Waals surface area contributed by atoms with E-state index in [-0.39, 0.29) is 0 Å². The van der Waals surface area contributed by atoms with Crippen LogP contribution >= 0.6 is 11.8 Å². The van der Waals surface area contributed by atoms with Gasteiger partial charge in [-0.25, -0.2) is 4.79 Å². The van der Waals surface area contributed by atoms with Crippen LogP contribution in [0.2, 0.25) is 0 Å². The van der Waals surface area contributed by atoms with Crippen LogP contribution in [0.5, 0.6) is 0 Å². The summed E-state index contributed by atoms with van der Waals surface area (Å²) in [7, 11) is 0. The molecule has 2 N–H and O–H groups in total. The molecule has 6 nitrogen and oxygen atoms in total. The Balaban J connectivity index is 1.99. The average Bonchev–Trinajstić information content (AvgIpc) is 2.64. The summed E-state index contributed by atoms with van der Waals surface area (Å²) in [4.78, 5) is 37.2. The largest absolute Gasteiger partial charge is 0.454 e. The van der Waals surface area contributed by atoms with Gasteiger partial charge in [0.05, 0.1) is 0 Å². The van der Waals surface area contributed by atoms with Crippen molar-refractivity contribution in [3.8, 4) is 0 Å². The molecule has 0 bridgehead atoms. The predicted molar refractivity (Wildman–Crippen MR) is 109 cm³/mol. The zero-order chi connectivity index (χ0) is 20.6. The number of imide groups is 1. The standard InChI is InChI=1S/C21H24N2O4S/c1-21(2,3)23-20(26)22-17(24)14-27-19(25)18(15-10-6-4-7-11-15)28-16-12-8-5-9-13-16/h4-13,18H,14H2,1-3H3,(H2,22,23,24,26)/t18-/m1/s1. The molecule has 2 rings (SSSR count). The molecule has 28 heavy (non-hydrogen) atoms. The average molecular weight is 401 g/mol. The quantitative estimate of drug-likeness (QED) is 0.571. The minimum Gasteiger partial charge on any atom is -0.454 e. The molecule has 0 aliphatic rings. The predicted octanol–water partition coefficient (Wildman–Crippen LogP) is 3.69. The van der Waals surface area contributed by atoms with E-state index in [1.807, 2.05) is 60.7 Å². The van der Waals surface area contributed by atoms with Gasteiger partial charge in [-0.1, -0.05) is 48.5 Å². The van der Waals surface area contributed by atoms with Crippen molar-refractivity contribution >= 4 is 29.7 Å². The number of hydrogen-bond donors (Lipinski definition) is 2. The number of thioether (sulfide) groups is 1. The maximum atomic E-state index is 12.6. The molecule has 0 fully saturated rings. The molecule has 1 atom stereocenters. The third kappa shape index (κ3) is 7.44. The molecule has 0 heterocycles. The summed E-state index contributed by atoms with van der Waals surface area (Å²) in [6.45, 7) is 4.85. The van der Waals surface area contributed by atoms with Crippen molar-refractivity contribution < 1.29 is 19.1 Å². The van der Waals surface area contributed by atoms with Crippen molar-refractivity contribution in [1.29, 1.82) is 0 Å². The summed E-state index contributed by atoms with van der Waals surface area (Å²) in [5.41, 5.74) is 0.290. The summed E-state index contributed by atoms with van der Waals surface area (Å²) < 4.78 is 5.17. The van der Waals surface area contributed by atoms with Gasteiger partial charge in [0.2, 0.25) is 0 Å². The Kier molecular flexibility index (Phi) is 7.63. The number of esters is 1. The highest BCUT2D eigenvalue weighted by molar-refractivity contribution is 8.00. The van der Waals surface area contributed by atoms with E-state index < -0.39 is 35.3 Å². The van der Waals surface area contributed by atoms with E-state index in [2.05, 4.69) is 10.6 Å². The molecule has 2 aromatic rings. The number of rotatable bonds is 6. The van der Waals surface area contributed by atoms with Crippen molar-refractivity contribution in [2.45, 2.75) is 36.5 Å². The lowest BCUT2D eigenvalue weighted by atomic mass is 10.1.